The summed E-state index contributed by atoms with van der Waals surface area (Å²) in [4.78, 5) is 17.0. The first-order valence-electron chi connectivity index (χ1n) is 10.0. The second kappa shape index (κ2) is 8.52. The minimum Gasteiger partial charge on any atom is -0.339 e. The molecular weight excluding hydrogens is 436 g/mol. The van der Waals surface area contributed by atoms with Crippen molar-refractivity contribution in [2.24, 2.45) is 5.92 Å². The highest BCUT2D eigenvalue weighted by molar-refractivity contribution is 7.91. The summed E-state index contributed by atoms with van der Waals surface area (Å²) in [6, 6.07) is 7.31. The van der Waals surface area contributed by atoms with Gasteiger partial charge in [-0.15, -0.1) is 11.3 Å². The molecule has 1 fully saturated rings. The lowest BCUT2D eigenvalue weighted by atomic mass is 9.98. The van der Waals surface area contributed by atoms with Crippen LogP contribution in [-0.2, 0) is 14.8 Å². The molecule has 3 heterocycles. The largest absolute Gasteiger partial charge is 0.339 e. The van der Waals surface area contributed by atoms with E-state index < -0.39 is 15.9 Å². The molecule has 0 aliphatic carbocycles. The highest BCUT2D eigenvalue weighted by Gasteiger charge is 2.34. The average Bonchev–Trinajstić information content (AvgIpc) is 3.41. The number of carbonyl (C=O) groups is 1. The van der Waals surface area contributed by atoms with E-state index in [1.165, 1.54) is 4.31 Å². The molecule has 0 saturated carbocycles. The lowest BCUT2D eigenvalue weighted by Gasteiger charge is -2.31. The standard InChI is InChI=1S/C21H24N4O4S2/c1-13-6-4-8-18(14(13)2)23-21(26)16-7-5-9-25(11-16)31(27,28)19-10-17(12-30-19)20-22-15(3)29-24-20/h4,6,8,10,12,16H,5,7,9,11H2,1-3H3,(H,23,26)/t16-/m0/s1. The molecule has 1 N–H and O–H groups in total. The van der Waals surface area contributed by atoms with E-state index in [0.29, 0.717) is 36.7 Å². The molecule has 1 aromatic carbocycles. The van der Waals surface area contributed by atoms with Crippen LogP contribution in [0.4, 0.5) is 5.69 Å². The van der Waals surface area contributed by atoms with E-state index in [4.69, 9.17) is 4.52 Å². The van der Waals surface area contributed by atoms with Crippen LogP contribution in [0, 0.1) is 26.7 Å². The van der Waals surface area contributed by atoms with Crippen LogP contribution in [0.3, 0.4) is 0 Å². The Hall–Kier alpha value is -2.56. The van der Waals surface area contributed by atoms with Crippen LogP contribution in [-0.4, -0.2) is 41.9 Å². The van der Waals surface area contributed by atoms with E-state index >= 15 is 0 Å². The molecule has 164 valence electrons. The predicted octanol–water partition coefficient (Wildman–Crippen LogP) is 3.76. The van der Waals surface area contributed by atoms with Crippen molar-refractivity contribution in [3.05, 3.63) is 46.7 Å². The highest BCUT2D eigenvalue weighted by Crippen LogP contribution is 2.31. The Morgan fingerprint density at radius 1 is 1.29 bits per heavy atom. The van der Waals surface area contributed by atoms with Crippen molar-refractivity contribution in [2.75, 3.05) is 18.4 Å². The van der Waals surface area contributed by atoms with E-state index in [-0.39, 0.29) is 16.7 Å². The third-order valence-electron chi connectivity index (χ3n) is 5.57. The summed E-state index contributed by atoms with van der Waals surface area (Å²) in [6.45, 7) is 6.18. The molecule has 0 unspecified atom stereocenters. The lowest BCUT2D eigenvalue weighted by Crippen LogP contribution is -2.43. The Morgan fingerprint density at radius 3 is 2.84 bits per heavy atom. The van der Waals surface area contributed by atoms with Gasteiger partial charge in [-0.3, -0.25) is 4.79 Å². The van der Waals surface area contributed by atoms with E-state index in [1.807, 2.05) is 32.0 Å². The second-order valence-corrected chi connectivity index (χ2v) is 10.8. The summed E-state index contributed by atoms with van der Waals surface area (Å²) in [7, 11) is -3.71. The summed E-state index contributed by atoms with van der Waals surface area (Å²) < 4.78 is 33.0. The topological polar surface area (TPSA) is 105 Å². The normalized spacial score (nSPS) is 17.6. The summed E-state index contributed by atoms with van der Waals surface area (Å²) >= 11 is 1.12. The molecule has 1 saturated heterocycles. The van der Waals surface area contributed by atoms with Gasteiger partial charge in [0.1, 0.15) is 4.21 Å². The molecule has 0 bridgehead atoms. The third kappa shape index (κ3) is 4.41. The number of piperidine rings is 1. The first-order chi connectivity index (χ1) is 14.8. The molecule has 31 heavy (non-hydrogen) atoms. The number of hydrogen-bond acceptors (Lipinski definition) is 7. The number of carbonyl (C=O) groups excluding carboxylic acids is 1. The molecule has 1 atom stereocenters. The van der Waals surface area contributed by atoms with Crippen molar-refractivity contribution in [1.29, 1.82) is 0 Å². The van der Waals surface area contributed by atoms with Gasteiger partial charge in [-0.25, -0.2) is 8.42 Å². The number of benzene rings is 1. The van der Waals surface area contributed by atoms with Gasteiger partial charge in [0.25, 0.3) is 10.0 Å². The lowest BCUT2D eigenvalue weighted by molar-refractivity contribution is -0.120. The molecule has 3 aromatic rings. The van der Waals surface area contributed by atoms with Crippen molar-refractivity contribution in [1.82, 2.24) is 14.4 Å². The Balaban J connectivity index is 1.49. The molecule has 0 spiro atoms. The second-order valence-electron chi connectivity index (χ2n) is 7.73. The van der Waals surface area contributed by atoms with Crippen molar-refractivity contribution in [2.45, 2.75) is 37.8 Å². The zero-order valence-corrected chi connectivity index (χ0v) is 19.2. The number of nitrogens with one attached hydrogen (secondary N) is 1. The average molecular weight is 461 g/mol. The highest BCUT2D eigenvalue weighted by atomic mass is 32.2. The summed E-state index contributed by atoms with van der Waals surface area (Å²) in [5.74, 6) is 0.226. The number of hydrogen-bond donors (Lipinski definition) is 1. The Bertz CT molecular complexity index is 1220. The van der Waals surface area contributed by atoms with E-state index in [1.54, 1.807) is 18.4 Å². The maximum atomic E-state index is 13.2. The van der Waals surface area contributed by atoms with Crippen LogP contribution >= 0.6 is 11.3 Å². The van der Waals surface area contributed by atoms with Crippen LogP contribution in [0.2, 0.25) is 0 Å². The smallest absolute Gasteiger partial charge is 0.252 e. The van der Waals surface area contributed by atoms with Gasteiger partial charge < -0.3 is 9.84 Å². The molecule has 10 heteroatoms. The quantitative estimate of drug-likeness (QED) is 0.621. The Kier molecular flexibility index (Phi) is 5.96. The summed E-state index contributed by atoms with van der Waals surface area (Å²) in [5, 5.41) is 8.52. The van der Waals surface area contributed by atoms with Gasteiger partial charge in [0.05, 0.1) is 5.92 Å². The van der Waals surface area contributed by atoms with Gasteiger partial charge >= 0.3 is 0 Å². The fourth-order valence-corrected chi connectivity index (χ4v) is 6.44. The molecule has 1 aliphatic heterocycles. The van der Waals surface area contributed by atoms with Crippen LogP contribution < -0.4 is 5.32 Å². The number of nitrogens with zero attached hydrogens (tertiary/aromatic N) is 3. The molecule has 4 rings (SSSR count). The van der Waals surface area contributed by atoms with Gasteiger partial charge in [-0.1, -0.05) is 17.3 Å². The first kappa shape index (κ1) is 21.7. The Morgan fingerprint density at radius 2 is 2.10 bits per heavy atom. The van der Waals surface area contributed by atoms with Crippen LogP contribution in [0.15, 0.2) is 38.4 Å². The number of sulfonamides is 1. The fourth-order valence-electron chi connectivity index (χ4n) is 3.61. The molecule has 1 amide bonds. The van der Waals surface area contributed by atoms with Crippen molar-refractivity contribution >= 4 is 33.0 Å². The minimum atomic E-state index is -3.71. The fraction of sp³-hybridized carbons (Fsp3) is 0.381. The molecule has 1 aliphatic rings. The van der Waals surface area contributed by atoms with Gasteiger partial charge in [-0.2, -0.15) is 9.29 Å². The van der Waals surface area contributed by atoms with Crippen molar-refractivity contribution in [3.63, 3.8) is 0 Å². The van der Waals surface area contributed by atoms with E-state index in [0.717, 1.165) is 28.2 Å². The Labute approximate surface area is 185 Å². The third-order valence-corrected chi connectivity index (χ3v) is 8.85. The summed E-state index contributed by atoms with van der Waals surface area (Å²) in [5.41, 5.74) is 3.47. The number of rotatable bonds is 5. The van der Waals surface area contributed by atoms with Crippen LogP contribution in [0.1, 0.15) is 29.9 Å². The number of thiophene rings is 1. The first-order valence-corrected chi connectivity index (χ1v) is 12.3. The molecule has 0 radical (unpaired) electrons. The minimum absolute atomic E-state index is 0.150. The van der Waals surface area contributed by atoms with Crippen molar-refractivity contribution in [3.8, 4) is 11.4 Å². The van der Waals surface area contributed by atoms with Crippen molar-refractivity contribution < 1.29 is 17.7 Å². The molecule has 8 nitrogen and oxygen atoms in total. The van der Waals surface area contributed by atoms with Gasteiger partial charge in [-0.05, 0) is 49.9 Å². The van der Waals surface area contributed by atoms with Gasteiger partial charge in [0.2, 0.25) is 17.6 Å². The monoisotopic (exact) mass is 460 g/mol. The van der Waals surface area contributed by atoms with E-state index in [2.05, 4.69) is 15.5 Å². The molecule has 2 aromatic heterocycles. The number of anilines is 1. The maximum Gasteiger partial charge on any atom is 0.252 e. The van der Waals surface area contributed by atoms with Crippen LogP contribution in [0.25, 0.3) is 11.4 Å². The molecular formula is C21H24N4O4S2. The SMILES string of the molecule is Cc1nc(-c2csc(S(=O)(=O)N3CCC[C@H](C(=O)Nc4cccc(C)c4C)C3)c2)no1. The zero-order chi connectivity index (χ0) is 22.2. The van der Waals surface area contributed by atoms with E-state index in [9.17, 15) is 13.2 Å². The van der Waals surface area contributed by atoms with Gasteiger partial charge in [0.15, 0.2) is 0 Å². The van der Waals surface area contributed by atoms with Gasteiger partial charge in [0, 0.05) is 36.6 Å². The zero-order valence-electron chi connectivity index (χ0n) is 17.6. The maximum absolute atomic E-state index is 13.2. The summed E-state index contributed by atoms with van der Waals surface area (Å²) in [6.07, 6.45) is 1.28. The van der Waals surface area contributed by atoms with Crippen LogP contribution in [0.5, 0.6) is 0 Å². The number of aromatic nitrogens is 2. The number of aryl methyl sites for hydroxylation is 2. The number of amides is 1. The predicted molar refractivity (Wildman–Crippen MR) is 118 cm³/mol.